The predicted molar refractivity (Wildman–Crippen MR) is 107 cm³/mol. The Morgan fingerprint density at radius 2 is 1.93 bits per heavy atom. The number of urea groups is 1. The first-order chi connectivity index (χ1) is 12.8. The van der Waals surface area contributed by atoms with E-state index < -0.39 is 10.0 Å². The molecule has 2 fully saturated rings. The van der Waals surface area contributed by atoms with Crippen LogP contribution in [0.15, 0.2) is 24.3 Å². The number of carbonyl (C=O) groups excluding carboxylic acids is 1. The average molecular weight is 396 g/mol. The fraction of sp³-hybridized carbons (Fsp3) is 0.611. The number of primary amides is 1. The summed E-state index contributed by atoms with van der Waals surface area (Å²) in [5.74, 6) is 0.494. The number of piperidine rings is 1. The molecule has 2 aliphatic heterocycles. The quantitative estimate of drug-likeness (QED) is 0.739. The van der Waals surface area contributed by atoms with Gasteiger partial charge in [-0.2, -0.15) is 0 Å². The lowest BCUT2D eigenvalue weighted by Crippen LogP contribution is -2.46. The van der Waals surface area contributed by atoms with Gasteiger partial charge in [0.2, 0.25) is 10.0 Å². The summed E-state index contributed by atoms with van der Waals surface area (Å²) in [6, 6.07) is 7.76. The highest BCUT2D eigenvalue weighted by Crippen LogP contribution is 2.33. The normalized spacial score (nSPS) is 21.7. The van der Waals surface area contributed by atoms with Gasteiger partial charge in [0, 0.05) is 38.4 Å². The first-order valence-electron chi connectivity index (χ1n) is 9.37. The number of nitrogens with two attached hydrogens (primary N) is 1. The van der Waals surface area contributed by atoms with Gasteiger partial charge in [-0.3, -0.25) is 0 Å². The maximum atomic E-state index is 11.6. The van der Waals surface area contributed by atoms with Gasteiger partial charge >= 0.3 is 6.03 Å². The zero-order chi connectivity index (χ0) is 19.6. The number of nitrogens with zero attached hydrogens (tertiary/aromatic N) is 3. The van der Waals surface area contributed by atoms with E-state index in [1.807, 2.05) is 29.2 Å². The molecule has 150 valence electrons. The van der Waals surface area contributed by atoms with Crippen molar-refractivity contribution >= 4 is 27.4 Å². The van der Waals surface area contributed by atoms with Crippen molar-refractivity contribution in [3.63, 3.8) is 0 Å². The first-order valence-corrected chi connectivity index (χ1v) is 11.2. The van der Waals surface area contributed by atoms with Crippen molar-refractivity contribution in [2.45, 2.75) is 31.7 Å². The molecule has 0 spiro atoms. The number of nitrogens with one attached hydrogen (secondary N) is 1. The van der Waals surface area contributed by atoms with Gasteiger partial charge in [0.15, 0.2) is 0 Å². The van der Waals surface area contributed by atoms with Gasteiger partial charge in [0.05, 0.1) is 11.9 Å². The van der Waals surface area contributed by atoms with E-state index in [2.05, 4.69) is 10.3 Å². The lowest BCUT2D eigenvalue weighted by atomic mass is 9.88. The molecule has 3 rings (SSSR count). The molecule has 1 unspecified atom stereocenters. The summed E-state index contributed by atoms with van der Waals surface area (Å²) in [5.41, 5.74) is 10.2. The molecular formula is C18H29N5O3S. The summed E-state index contributed by atoms with van der Waals surface area (Å²) < 4.78 is 24.3. The SMILES string of the molecule is CN(Nc1cccc(N2CCC(C3CCCN3C(N)=O)CC2)c1)S(C)(=O)=O. The topological polar surface area (TPSA) is 99.0 Å². The minimum atomic E-state index is -3.30. The van der Waals surface area contributed by atoms with Gasteiger partial charge < -0.3 is 21.0 Å². The minimum absolute atomic E-state index is 0.279. The van der Waals surface area contributed by atoms with Crippen LogP contribution in [0.25, 0.3) is 0 Å². The Morgan fingerprint density at radius 3 is 2.56 bits per heavy atom. The van der Waals surface area contributed by atoms with Crippen molar-refractivity contribution < 1.29 is 13.2 Å². The van der Waals surface area contributed by atoms with Crippen LogP contribution < -0.4 is 16.1 Å². The van der Waals surface area contributed by atoms with Crippen molar-refractivity contribution in [1.82, 2.24) is 9.31 Å². The number of rotatable bonds is 5. The van der Waals surface area contributed by atoms with Crippen molar-refractivity contribution in [1.29, 1.82) is 0 Å². The van der Waals surface area contributed by atoms with E-state index in [0.717, 1.165) is 67.4 Å². The van der Waals surface area contributed by atoms with Gasteiger partial charge in [0.1, 0.15) is 0 Å². The van der Waals surface area contributed by atoms with Crippen LogP contribution in [-0.2, 0) is 10.0 Å². The molecule has 2 aliphatic rings. The van der Waals surface area contributed by atoms with Gasteiger partial charge in [-0.25, -0.2) is 13.2 Å². The molecule has 3 N–H and O–H groups in total. The lowest BCUT2D eigenvalue weighted by molar-refractivity contribution is 0.170. The second kappa shape index (κ2) is 7.93. The van der Waals surface area contributed by atoms with Crippen LogP contribution >= 0.6 is 0 Å². The van der Waals surface area contributed by atoms with Crippen molar-refractivity contribution in [2.75, 3.05) is 43.3 Å². The molecule has 1 aromatic rings. The molecule has 0 aliphatic carbocycles. The van der Waals surface area contributed by atoms with Crippen molar-refractivity contribution in [2.24, 2.45) is 11.7 Å². The molecule has 1 aromatic carbocycles. The van der Waals surface area contributed by atoms with Crippen LogP contribution in [0.3, 0.4) is 0 Å². The van der Waals surface area contributed by atoms with Crippen LogP contribution in [0.4, 0.5) is 16.2 Å². The van der Waals surface area contributed by atoms with Crippen LogP contribution in [0, 0.1) is 5.92 Å². The third-order valence-electron chi connectivity index (χ3n) is 5.66. The third kappa shape index (κ3) is 4.65. The van der Waals surface area contributed by atoms with Gasteiger partial charge in [-0.15, -0.1) is 4.41 Å². The fourth-order valence-electron chi connectivity index (χ4n) is 4.14. The number of hydrogen-bond donors (Lipinski definition) is 2. The summed E-state index contributed by atoms with van der Waals surface area (Å²) >= 11 is 0. The number of anilines is 2. The molecular weight excluding hydrogens is 366 g/mol. The number of benzene rings is 1. The minimum Gasteiger partial charge on any atom is -0.371 e. The summed E-state index contributed by atoms with van der Waals surface area (Å²) in [4.78, 5) is 15.8. The maximum absolute atomic E-state index is 11.6. The summed E-state index contributed by atoms with van der Waals surface area (Å²) in [6.07, 6.45) is 5.29. The molecule has 9 heteroatoms. The molecule has 2 saturated heterocycles. The molecule has 2 amide bonds. The smallest absolute Gasteiger partial charge is 0.315 e. The van der Waals surface area contributed by atoms with E-state index in [-0.39, 0.29) is 12.1 Å². The Balaban J connectivity index is 1.61. The molecule has 1 atom stereocenters. The van der Waals surface area contributed by atoms with Crippen LogP contribution in [-0.4, -0.2) is 62.7 Å². The Bertz CT molecular complexity index is 777. The Morgan fingerprint density at radius 1 is 1.22 bits per heavy atom. The number of carbonyl (C=O) groups is 1. The molecule has 2 heterocycles. The second-order valence-electron chi connectivity index (χ2n) is 7.46. The third-order valence-corrected chi connectivity index (χ3v) is 6.75. The highest BCUT2D eigenvalue weighted by atomic mass is 32.2. The van der Waals surface area contributed by atoms with Gasteiger partial charge in [-0.05, 0) is 49.8 Å². The second-order valence-corrected chi connectivity index (χ2v) is 9.47. The number of hydrazine groups is 1. The van der Waals surface area contributed by atoms with E-state index in [1.54, 1.807) is 0 Å². The highest BCUT2D eigenvalue weighted by Gasteiger charge is 2.35. The van der Waals surface area contributed by atoms with Gasteiger partial charge in [-0.1, -0.05) is 6.07 Å². The molecule has 0 radical (unpaired) electrons. The van der Waals surface area contributed by atoms with E-state index >= 15 is 0 Å². The number of amides is 2. The van der Waals surface area contributed by atoms with Crippen molar-refractivity contribution in [3.05, 3.63) is 24.3 Å². The van der Waals surface area contributed by atoms with E-state index in [9.17, 15) is 13.2 Å². The zero-order valence-electron chi connectivity index (χ0n) is 16.0. The Hall–Kier alpha value is -2.00. The number of sulfonamides is 1. The standard InChI is InChI=1S/C18H29N5O3S/c1-21(27(2,25)26)20-15-5-3-6-16(13-15)22-11-8-14(9-12-22)17-7-4-10-23(17)18(19)24/h3,5-6,13-14,17,20H,4,7-12H2,1-2H3,(H2,19,24). The van der Waals surface area contributed by atoms with Gasteiger partial charge in [0.25, 0.3) is 0 Å². The molecule has 8 nitrogen and oxygen atoms in total. The van der Waals surface area contributed by atoms with Crippen LogP contribution in [0.1, 0.15) is 25.7 Å². The number of hydrogen-bond acceptors (Lipinski definition) is 5. The molecule has 27 heavy (non-hydrogen) atoms. The Kier molecular flexibility index (Phi) is 5.81. The van der Waals surface area contributed by atoms with Crippen LogP contribution in [0.2, 0.25) is 0 Å². The molecule has 0 saturated carbocycles. The summed E-state index contributed by atoms with van der Waals surface area (Å²) in [6.45, 7) is 2.61. The van der Waals surface area contributed by atoms with E-state index in [1.165, 1.54) is 7.05 Å². The summed E-state index contributed by atoms with van der Waals surface area (Å²) in [7, 11) is -1.82. The molecule has 0 bridgehead atoms. The van der Waals surface area contributed by atoms with Crippen LogP contribution in [0.5, 0.6) is 0 Å². The average Bonchev–Trinajstić information content (AvgIpc) is 3.11. The van der Waals surface area contributed by atoms with Crippen molar-refractivity contribution in [3.8, 4) is 0 Å². The monoisotopic (exact) mass is 395 g/mol. The first kappa shape index (κ1) is 19.8. The zero-order valence-corrected chi connectivity index (χ0v) is 16.8. The molecule has 0 aromatic heterocycles. The number of likely N-dealkylation sites (tertiary alicyclic amines) is 1. The fourth-order valence-corrected chi connectivity index (χ4v) is 4.41. The highest BCUT2D eigenvalue weighted by molar-refractivity contribution is 7.88. The lowest BCUT2D eigenvalue weighted by Gasteiger charge is -2.38. The predicted octanol–water partition coefficient (Wildman–Crippen LogP) is 1.66. The summed E-state index contributed by atoms with van der Waals surface area (Å²) in [5, 5.41) is 0. The van der Waals surface area contributed by atoms with E-state index in [4.69, 9.17) is 5.73 Å². The largest absolute Gasteiger partial charge is 0.371 e. The Labute approximate surface area is 161 Å². The van der Waals surface area contributed by atoms with E-state index in [0.29, 0.717) is 5.92 Å². The maximum Gasteiger partial charge on any atom is 0.315 e.